The summed E-state index contributed by atoms with van der Waals surface area (Å²) in [5.74, 6) is 0. The Hall–Kier alpha value is -1.49. The Balaban J connectivity index is 3.91. The third kappa shape index (κ3) is 3.33. The number of non-ortho nitro benzene ring substituents is 1. The van der Waals surface area contributed by atoms with Gasteiger partial charge in [-0.2, -0.15) is 13.2 Å². The Morgan fingerprint density at radius 2 is 1.75 bits per heavy atom. The smallest absolute Gasteiger partial charge is 0.258 e. The first-order chi connectivity index (χ1) is 8.85. The standard InChI is InChI=1S/C8H3ClF5NO4S/c9-20(18,19)5-2-3(15(16)17)1-4(8(12,13)14)6(5)7(10)11/h1-2,7H. The highest BCUT2D eigenvalue weighted by Gasteiger charge is 2.41. The maximum absolute atomic E-state index is 12.7. The molecule has 0 aromatic heterocycles. The van der Waals surface area contributed by atoms with E-state index in [1.54, 1.807) is 0 Å². The van der Waals surface area contributed by atoms with Gasteiger partial charge >= 0.3 is 6.18 Å². The Bertz CT molecular complexity index is 658. The van der Waals surface area contributed by atoms with Gasteiger partial charge in [0.15, 0.2) is 0 Å². The van der Waals surface area contributed by atoms with Crippen molar-refractivity contribution in [3.63, 3.8) is 0 Å². The van der Waals surface area contributed by atoms with Crippen molar-refractivity contribution in [2.45, 2.75) is 17.5 Å². The number of nitro benzene ring substituents is 1. The van der Waals surface area contributed by atoms with Crippen LogP contribution in [-0.4, -0.2) is 13.3 Å². The first-order valence-corrected chi connectivity index (χ1v) is 6.79. The van der Waals surface area contributed by atoms with E-state index in [0.29, 0.717) is 0 Å². The molecule has 1 rings (SSSR count). The van der Waals surface area contributed by atoms with Crippen molar-refractivity contribution in [2.75, 3.05) is 0 Å². The maximum atomic E-state index is 12.7. The molecule has 0 radical (unpaired) electrons. The molecule has 0 aliphatic heterocycles. The van der Waals surface area contributed by atoms with Gasteiger partial charge in [-0.1, -0.05) is 0 Å². The molecule has 0 aliphatic rings. The van der Waals surface area contributed by atoms with Gasteiger partial charge in [-0.3, -0.25) is 10.1 Å². The molecule has 1 aromatic rings. The van der Waals surface area contributed by atoms with E-state index in [1.807, 2.05) is 0 Å². The van der Waals surface area contributed by atoms with Crippen LogP contribution in [0, 0.1) is 10.1 Å². The number of rotatable bonds is 3. The minimum Gasteiger partial charge on any atom is -0.258 e. The van der Waals surface area contributed by atoms with Gasteiger partial charge in [0, 0.05) is 22.8 Å². The van der Waals surface area contributed by atoms with Gasteiger partial charge < -0.3 is 0 Å². The average molecular weight is 340 g/mol. The van der Waals surface area contributed by atoms with E-state index in [-0.39, 0.29) is 12.1 Å². The van der Waals surface area contributed by atoms with E-state index in [4.69, 9.17) is 10.7 Å². The summed E-state index contributed by atoms with van der Waals surface area (Å²) >= 11 is 0. The predicted molar refractivity (Wildman–Crippen MR) is 56.1 cm³/mol. The Labute approximate surface area is 112 Å². The van der Waals surface area contributed by atoms with Gasteiger partial charge in [0.25, 0.3) is 21.2 Å². The van der Waals surface area contributed by atoms with Gasteiger partial charge in [0.1, 0.15) is 0 Å². The predicted octanol–water partition coefficient (Wildman–Crippen LogP) is 3.48. The quantitative estimate of drug-likeness (QED) is 0.365. The highest BCUT2D eigenvalue weighted by molar-refractivity contribution is 8.13. The molecule has 112 valence electrons. The topological polar surface area (TPSA) is 77.3 Å². The zero-order chi connectivity index (χ0) is 15.9. The Morgan fingerprint density at radius 3 is 2.05 bits per heavy atom. The molecule has 1 aromatic carbocycles. The maximum Gasteiger partial charge on any atom is 0.417 e. The number of nitrogens with zero attached hydrogens (tertiary/aromatic N) is 1. The van der Waals surface area contributed by atoms with Crippen LogP contribution in [-0.2, 0) is 15.2 Å². The van der Waals surface area contributed by atoms with Crippen molar-refractivity contribution in [3.05, 3.63) is 33.4 Å². The fraction of sp³-hybridized carbons (Fsp3) is 0.250. The normalized spacial score (nSPS) is 12.8. The molecule has 0 heterocycles. The molecule has 12 heteroatoms. The lowest BCUT2D eigenvalue weighted by atomic mass is 10.1. The summed E-state index contributed by atoms with van der Waals surface area (Å²) in [4.78, 5) is 7.46. The van der Waals surface area contributed by atoms with Crippen molar-refractivity contribution >= 4 is 25.4 Å². The zero-order valence-electron chi connectivity index (χ0n) is 8.99. The summed E-state index contributed by atoms with van der Waals surface area (Å²) in [7, 11) is -0.274. The van der Waals surface area contributed by atoms with Crippen LogP contribution in [0.2, 0.25) is 0 Å². The second-order valence-electron chi connectivity index (χ2n) is 3.40. The number of nitro groups is 1. The molecule has 0 unspecified atom stereocenters. The second kappa shape index (κ2) is 5.13. The first-order valence-electron chi connectivity index (χ1n) is 4.48. The molecule has 0 bridgehead atoms. The lowest BCUT2D eigenvalue weighted by molar-refractivity contribution is -0.385. The van der Waals surface area contributed by atoms with Crippen LogP contribution in [0.4, 0.5) is 27.6 Å². The van der Waals surface area contributed by atoms with Crippen LogP contribution in [0.15, 0.2) is 17.0 Å². The van der Waals surface area contributed by atoms with Crippen LogP contribution in [0.5, 0.6) is 0 Å². The highest BCUT2D eigenvalue weighted by atomic mass is 35.7. The van der Waals surface area contributed by atoms with E-state index >= 15 is 0 Å². The molecule has 0 saturated carbocycles. The van der Waals surface area contributed by atoms with Gasteiger partial charge in [-0.25, -0.2) is 17.2 Å². The van der Waals surface area contributed by atoms with E-state index in [9.17, 15) is 40.5 Å². The lowest BCUT2D eigenvalue weighted by Crippen LogP contribution is -2.14. The van der Waals surface area contributed by atoms with Crippen molar-refractivity contribution < 1.29 is 35.3 Å². The van der Waals surface area contributed by atoms with Crippen LogP contribution < -0.4 is 0 Å². The van der Waals surface area contributed by atoms with Gasteiger partial charge in [-0.05, 0) is 0 Å². The van der Waals surface area contributed by atoms with Crippen molar-refractivity contribution in [1.29, 1.82) is 0 Å². The van der Waals surface area contributed by atoms with Crippen molar-refractivity contribution in [3.8, 4) is 0 Å². The van der Waals surface area contributed by atoms with Crippen LogP contribution in [0.25, 0.3) is 0 Å². The third-order valence-electron chi connectivity index (χ3n) is 2.12. The lowest BCUT2D eigenvalue weighted by Gasteiger charge is -2.14. The Kier molecular flexibility index (Phi) is 4.25. The van der Waals surface area contributed by atoms with Crippen LogP contribution in [0.1, 0.15) is 17.6 Å². The summed E-state index contributed by atoms with van der Waals surface area (Å²) in [6, 6.07) is -0.119. The summed E-state index contributed by atoms with van der Waals surface area (Å²) in [5, 5.41) is 10.5. The van der Waals surface area contributed by atoms with Gasteiger partial charge in [0.2, 0.25) is 0 Å². The number of hydrogen-bond acceptors (Lipinski definition) is 4. The molecular formula is C8H3ClF5NO4S. The van der Waals surface area contributed by atoms with Gasteiger partial charge in [0.05, 0.1) is 20.9 Å². The number of hydrogen-bond donors (Lipinski definition) is 0. The Morgan fingerprint density at radius 1 is 1.25 bits per heavy atom. The fourth-order valence-electron chi connectivity index (χ4n) is 1.38. The molecule has 0 fully saturated rings. The first kappa shape index (κ1) is 16.6. The van der Waals surface area contributed by atoms with Gasteiger partial charge in [-0.15, -0.1) is 0 Å². The fourth-order valence-corrected chi connectivity index (χ4v) is 2.49. The van der Waals surface area contributed by atoms with E-state index < -0.39 is 48.3 Å². The summed E-state index contributed by atoms with van der Waals surface area (Å²) in [6.45, 7) is 0. The molecule has 0 aliphatic carbocycles. The molecule has 5 nitrogen and oxygen atoms in total. The molecule has 20 heavy (non-hydrogen) atoms. The second-order valence-corrected chi connectivity index (χ2v) is 5.93. The summed E-state index contributed by atoms with van der Waals surface area (Å²) < 4.78 is 85.4. The van der Waals surface area contributed by atoms with E-state index in [1.165, 1.54) is 0 Å². The number of benzene rings is 1. The monoisotopic (exact) mass is 339 g/mol. The summed E-state index contributed by atoms with van der Waals surface area (Å²) in [5.41, 5.74) is -5.36. The number of halogens is 6. The zero-order valence-corrected chi connectivity index (χ0v) is 10.6. The van der Waals surface area contributed by atoms with Crippen LogP contribution >= 0.6 is 10.7 Å². The minimum absolute atomic E-state index is 0.0546. The average Bonchev–Trinajstić information content (AvgIpc) is 2.24. The largest absolute Gasteiger partial charge is 0.417 e. The molecule has 0 saturated heterocycles. The number of alkyl halides is 5. The van der Waals surface area contributed by atoms with E-state index in [2.05, 4.69) is 0 Å². The highest BCUT2D eigenvalue weighted by Crippen LogP contribution is 2.42. The summed E-state index contributed by atoms with van der Waals surface area (Å²) in [6.07, 6.45) is -9.25. The minimum atomic E-state index is -5.41. The van der Waals surface area contributed by atoms with Crippen molar-refractivity contribution in [1.82, 2.24) is 0 Å². The molecule has 0 spiro atoms. The molecule has 0 N–H and O–H groups in total. The van der Waals surface area contributed by atoms with E-state index in [0.717, 1.165) is 0 Å². The SMILES string of the molecule is O=[N+]([O-])c1cc(C(F)(F)F)c(C(F)F)c(S(=O)(=O)Cl)c1. The molecule has 0 amide bonds. The third-order valence-corrected chi connectivity index (χ3v) is 3.49. The van der Waals surface area contributed by atoms with Crippen LogP contribution in [0.3, 0.4) is 0 Å². The molecule has 0 atom stereocenters. The van der Waals surface area contributed by atoms with Crippen molar-refractivity contribution in [2.24, 2.45) is 0 Å². The molecular weight excluding hydrogens is 337 g/mol.